The largest absolute Gasteiger partial charge is 0.303 e. The molecule has 0 saturated heterocycles. The first kappa shape index (κ1) is 15.1. The molecule has 0 aromatic carbocycles. The van der Waals surface area contributed by atoms with Crippen LogP contribution in [0.15, 0.2) is 23.9 Å². The zero-order chi connectivity index (χ0) is 12.4. The second-order valence-corrected chi connectivity index (χ2v) is 5.00. The average molecular weight is 224 g/mol. The summed E-state index contributed by atoms with van der Waals surface area (Å²) in [4.78, 5) is 10.1. The number of carbonyl (C=O) groups is 1. The van der Waals surface area contributed by atoms with Gasteiger partial charge in [-0.2, -0.15) is 0 Å². The number of hydrogen-bond acceptors (Lipinski definition) is 1. The molecule has 0 aromatic rings. The quantitative estimate of drug-likeness (QED) is 0.267. The smallest absolute Gasteiger partial charge is 0.120 e. The third kappa shape index (κ3) is 8.42. The minimum atomic E-state index is 0.685. The topological polar surface area (TPSA) is 17.1 Å². The highest BCUT2D eigenvalue weighted by Crippen LogP contribution is 2.08. The SMILES string of the molecule is CC(=CCCC=CCCCC=O)[N+](C)(C)C. The van der Waals surface area contributed by atoms with E-state index < -0.39 is 0 Å². The fourth-order valence-electron chi connectivity index (χ4n) is 1.22. The van der Waals surface area contributed by atoms with Crippen LogP contribution in [0.2, 0.25) is 0 Å². The van der Waals surface area contributed by atoms with E-state index in [1.54, 1.807) is 0 Å². The van der Waals surface area contributed by atoms with Crippen LogP contribution in [-0.4, -0.2) is 31.9 Å². The predicted molar refractivity (Wildman–Crippen MR) is 70.1 cm³/mol. The summed E-state index contributed by atoms with van der Waals surface area (Å²) in [5.74, 6) is 0. The summed E-state index contributed by atoms with van der Waals surface area (Å²) in [5, 5.41) is 0. The predicted octanol–water partition coefficient (Wildman–Crippen LogP) is 3.30. The van der Waals surface area contributed by atoms with Crippen molar-refractivity contribution in [2.45, 2.75) is 39.0 Å². The molecular formula is C14H26NO+. The average Bonchev–Trinajstić information content (AvgIpc) is 2.20. The molecule has 0 spiro atoms. The van der Waals surface area contributed by atoms with Gasteiger partial charge < -0.3 is 9.28 Å². The molecule has 16 heavy (non-hydrogen) atoms. The lowest BCUT2D eigenvalue weighted by Gasteiger charge is -2.24. The molecule has 0 fully saturated rings. The summed E-state index contributed by atoms with van der Waals surface area (Å²) < 4.78 is 0.906. The first-order valence-corrected chi connectivity index (χ1v) is 6.06. The molecule has 0 aromatic heterocycles. The van der Waals surface area contributed by atoms with Gasteiger partial charge in [-0.3, -0.25) is 0 Å². The summed E-state index contributed by atoms with van der Waals surface area (Å²) in [7, 11) is 6.54. The Kier molecular flexibility index (Phi) is 7.82. The molecule has 0 atom stereocenters. The van der Waals surface area contributed by atoms with Crippen LogP contribution in [0.4, 0.5) is 0 Å². The molecule has 0 N–H and O–H groups in total. The Bertz CT molecular complexity index is 246. The maximum absolute atomic E-state index is 10.1. The Morgan fingerprint density at radius 2 is 1.62 bits per heavy atom. The van der Waals surface area contributed by atoms with Gasteiger partial charge in [0, 0.05) is 13.3 Å². The Balaban J connectivity index is 3.63. The number of allylic oxidation sites excluding steroid dienone is 4. The van der Waals surface area contributed by atoms with Gasteiger partial charge in [0.15, 0.2) is 0 Å². The van der Waals surface area contributed by atoms with Gasteiger partial charge in [0.25, 0.3) is 0 Å². The molecule has 0 saturated carbocycles. The molecule has 0 amide bonds. The standard InChI is InChI=1S/C14H26NO/c1-14(15(2,3)4)12-10-8-6-5-7-9-11-13-16/h5-6,12-13H,7-11H2,1-4H3/q+1. The van der Waals surface area contributed by atoms with E-state index in [2.05, 4.69) is 46.3 Å². The van der Waals surface area contributed by atoms with Crippen LogP contribution in [-0.2, 0) is 4.79 Å². The molecule has 0 rings (SSSR count). The van der Waals surface area contributed by atoms with E-state index in [9.17, 15) is 4.79 Å². The van der Waals surface area contributed by atoms with Crippen LogP contribution >= 0.6 is 0 Å². The van der Waals surface area contributed by atoms with Crippen molar-refractivity contribution in [2.75, 3.05) is 21.1 Å². The molecule has 0 aliphatic rings. The summed E-state index contributed by atoms with van der Waals surface area (Å²) in [6.07, 6.45) is 12.6. The normalized spacial score (nSPS) is 13.4. The van der Waals surface area contributed by atoms with Crippen LogP contribution in [0.5, 0.6) is 0 Å². The van der Waals surface area contributed by atoms with E-state index in [0.29, 0.717) is 6.42 Å². The van der Waals surface area contributed by atoms with Crippen LogP contribution in [0.25, 0.3) is 0 Å². The van der Waals surface area contributed by atoms with Crippen molar-refractivity contribution < 1.29 is 9.28 Å². The summed E-state index contributed by atoms with van der Waals surface area (Å²) in [6.45, 7) is 2.17. The Morgan fingerprint density at radius 1 is 1.00 bits per heavy atom. The summed E-state index contributed by atoms with van der Waals surface area (Å²) in [5.41, 5.74) is 1.40. The van der Waals surface area contributed by atoms with Crippen LogP contribution in [0.3, 0.4) is 0 Å². The van der Waals surface area contributed by atoms with Crippen molar-refractivity contribution in [1.29, 1.82) is 0 Å². The molecule has 0 unspecified atom stereocenters. The maximum Gasteiger partial charge on any atom is 0.120 e. The van der Waals surface area contributed by atoms with Gasteiger partial charge >= 0.3 is 0 Å². The number of quaternary nitrogens is 1. The van der Waals surface area contributed by atoms with E-state index in [0.717, 1.165) is 36.5 Å². The number of rotatable bonds is 8. The van der Waals surface area contributed by atoms with Gasteiger partial charge in [0.1, 0.15) is 12.0 Å². The fourth-order valence-corrected chi connectivity index (χ4v) is 1.22. The minimum Gasteiger partial charge on any atom is -0.303 e. The van der Waals surface area contributed by atoms with Gasteiger partial charge in [0.05, 0.1) is 21.1 Å². The number of nitrogens with zero attached hydrogens (tertiary/aromatic N) is 1. The van der Waals surface area contributed by atoms with E-state index in [1.165, 1.54) is 5.70 Å². The third-order valence-electron chi connectivity index (χ3n) is 2.69. The van der Waals surface area contributed by atoms with Crippen molar-refractivity contribution in [1.82, 2.24) is 0 Å². The summed E-state index contributed by atoms with van der Waals surface area (Å²) >= 11 is 0. The highest BCUT2D eigenvalue weighted by Gasteiger charge is 2.08. The van der Waals surface area contributed by atoms with E-state index in [1.807, 2.05) is 0 Å². The Labute approximate surface area is 100 Å². The van der Waals surface area contributed by atoms with Crippen molar-refractivity contribution in [3.05, 3.63) is 23.9 Å². The maximum atomic E-state index is 10.1. The lowest BCUT2D eigenvalue weighted by atomic mass is 10.2. The van der Waals surface area contributed by atoms with Crippen LogP contribution in [0, 0.1) is 0 Å². The third-order valence-corrected chi connectivity index (χ3v) is 2.69. The molecule has 0 aliphatic carbocycles. The lowest BCUT2D eigenvalue weighted by molar-refractivity contribution is -0.831. The van der Waals surface area contributed by atoms with E-state index in [-0.39, 0.29) is 0 Å². The zero-order valence-electron chi connectivity index (χ0n) is 11.2. The minimum absolute atomic E-state index is 0.685. The van der Waals surface area contributed by atoms with Crippen LogP contribution < -0.4 is 0 Å². The number of aldehydes is 1. The number of hydrogen-bond donors (Lipinski definition) is 0. The number of carbonyl (C=O) groups excluding carboxylic acids is 1. The highest BCUT2D eigenvalue weighted by atomic mass is 16.1. The second-order valence-electron chi connectivity index (χ2n) is 5.00. The van der Waals surface area contributed by atoms with Crippen molar-refractivity contribution in [2.24, 2.45) is 0 Å². The molecule has 0 heterocycles. The molecule has 0 bridgehead atoms. The van der Waals surface area contributed by atoms with Crippen molar-refractivity contribution >= 4 is 6.29 Å². The Hall–Kier alpha value is -0.890. The first-order valence-electron chi connectivity index (χ1n) is 6.06. The van der Waals surface area contributed by atoms with Crippen molar-refractivity contribution in [3.63, 3.8) is 0 Å². The molecule has 0 radical (unpaired) electrons. The molecule has 0 aliphatic heterocycles. The molecule has 2 nitrogen and oxygen atoms in total. The first-order chi connectivity index (χ1) is 7.48. The highest BCUT2D eigenvalue weighted by molar-refractivity contribution is 5.48. The number of unbranched alkanes of at least 4 members (excludes halogenated alkanes) is 3. The molecular weight excluding hydrogens is 198 g/mol. The van der Waals surface area contributed by atoms with Gasteiger partial charge in [0.2, 0.25) is 0 Å². The molecule has 92 valence electrons. The van der Waals surface area contributed by atoms with Gasteiger partial charge in [-0.25, -0.2) is 0 Å². The molecule has 2 heteroatoms. The van der Waals surface area contributed by atoms with Gasteiger partial charge in [-0.15, -0.1) is 0 Å². The second kappa shape index (κ2) is 8.28. The Morgan fingerprint density at radius 3 is 2.19 bits per heavy atom. The van der Waals surface area contributed by atoms with Gasteiger partial charge in [-0.05, 0) is 31.8 Å². The van der Waals surface area contributed by atoms with Crippen molar-refractivity contribution in [3.8, 4) is 0 Å². The monoisotopic (exact) mass is 224 g/mol. The summed E-state index contributed by atoms with van der Waals surface area (Å²) in [6, 6.07) is 0. The van der Waals surface area contributed by atoms with E-state index in [4.69, 9.17) is 0 Å². The van der Waals surface area contributed by atoms with Gasteiger partial charge in [-0.1, -0.05) is 12.2 Å². The zero-order valence-corrected chi connectivity index (χ0v) is 11.2. The van der Waals surface area contributed by atoms with E-state index >= 15 is 0 Å². The fraction of sp³-hybridized carbons (Fsp3) is 0.643. The lowest BCUT2D eigenvalue weighted by Crippen LogP contribution is -2.31. The van der Waals surface area contributed by atoms with Crippen LogP contribution in [0.1, 0.15) is 39.0 Å².